The van der Waals surface area contributed by atoms with Crippen LogP contribution in [0.25, 0.3) is 6.08 Å². The van der Waals surface area contributed by atoms with Crippen molar-refractivity contribution in [2.45, 2.75) is 6.61 Å². The Hall–Kier alpha value is -2.15. The second kappa shape index (κ2) is 9.77. The fourth-order valence-corrected chi connectivity index (χ4v) is 4.85. The molecule has 4 nitrogen and oxygen atoms in total. The molecule has 1 aliphatic heterocycles. The Bertz CT molecular complexity index is 1240. The van der Waals surface area contributed by atoms with Crippen LogP contribution >= 0.6 is 58.2 Å². The second-order valence-electron chi connectivity index (χ2n) is 6.69. The minimum absolute atomic E-state index is 0.191. The molecule has 9 heteroatoms. The average molecular weight is 525 g/mol. The van der Waals surface area contributed by atoms with Crippen LogP contribution in [-0.4, -0.2) is 11.1 Å². The summed E-state index contributed by atoms with van der Waals surface area (Å²) in [5.41, 5.74) is 1.75. The van der Waals surface area contributed by atoms with E-state index in [4.69, 9.17) is 51.1 Å². The van der Waals surface area contributed by atoms with Gasteiger partial charge in [-0.25, -0.2) is 4.90 Å². The number of hydrogen-bond acceptors (Lipinski definition) is 4. The van der Waals surface area contributed by atoms with Gasteiger partial charge in [0.15, 0.2) is 5.75 Å². The molecule has 1 fully saturated rings. The van der Waals surface area contributed by atoms with Crippen molar-refractivity contribution in [3.05, 3.63) is 96.8 Å². The van der Waals surface area contributed by atoms with Crippen LogP contribution in [0.4, 0.5) is 10.5 Å². The third-order valence-electron chi connectivity index (χ3n) is 4.51. The molecule has 0 aromatic heterocycles. The van der Waals surface area contributed by atoms with E-state index in [-0.39, 0.29) is 21.6 Å². The number of benzene rings is 3. The van der Waals surface area contributed by atoms with Gasteiger partial charge in [-0.1, -0.05) is 70.7 Å². The molecule has 0 unspecified atom stereocenters. The molecule has 2 amide bonds. The third-order valence-corrected chi connectivity index (χ3v) is 6.54. The smallest absolute Gasteiger partial charge is 0.298 e. The van der Waals surface area contributed by atoms with Gasteiger partial charge in [0.1, 0.15) is 6.61 Å². The van der Waals surface area contributed by atoms with Gasteiger partial charge in [-0.3, -0.25) is 9.59 Å². The largest absolute Gasteiger partial charge is 0.486 e. The topological polar surface area (TPSA) is 46.6 Å². The second-order valence-corrected chi connectivity index (χ2v) is 9.34. The van der Waals surface area contributed by atoms with Gasteiger partial charge >= 0.3 is 0 Å². The summed E-state index contributed by atoms with van der Waals surface area (Å²) in [6, 6.07) is 17.1. The normalized spacial score (nSPS) is 15.0. The van der Waals surface area contributed by atoms with E-state index in [1.165, 1.54) is 0 Å². The Kier molecular flexibility index (Phi) is 7.03. The summed E-state index contributed by atoms with van der Waals surface area (Å²) in [6.45, 7) is 0.191. The molecule has 1 aliphatic rings. The van der Waals surface area contributed by atoms with Gasteiger partial charge in [0.05, 0.1) is 20.6 Å². The third kappa shape index (κ3) is 4.92. The van der Waals surface area contributed by atoms with Crippen LogP contribution in [-0.2, 0) is 11.4 Å². The maximum absolute atomic E-state index is 12.8. The van der Waals surface area contributed by atoms with Gasteiger partial charge in [-0.05, 0) is 59.8 Å². The van der Waals surface area contributed by atoms with Crippen molar-refractivity contribution in [2.75, 3.05) is 4.90 Å². The molecule has 3 aromatic rings. The SMILES string of the molecule is O=C1S/C(=C/c2cc(Cl)c(OCc3ccccc3Cl)c(Cl)c2)C(=O)N1c1cccc(Cl)c1. The Morgan fingerprint density at radius 1 is 0.875 bits per heavy atom. The Morgan fingerprint density at radius 2 is 1.59 bits per heavy atom. The molecule has 4 rings (SSSR count). The zero-order valence-electron chi connectivity index (χ0n) is 16.2. The Labute approximate surface area is 208 Å². The van der Waals surface area contributed by atoms with Crippen molar-refractivity contribution in [1.29, 1.82) is 0 Å². The molecule has 0 N–H and O–H groups in total. The highest BCUT2D eigenvalue weighted by Crippen LogP contribution is 2.39. The first-order valence-electron chi connectivity index (χ1n) is 9.22. The van der Waals surface area contributed by atoms with Gasteiger partial charge in [0, 0.05) is 15.6 Å². The monoisotopic (exact) mass is 523 g/mol. The maximum Gasteiger partial charge on any atom is 0.298 e. The van der Waals surface area contributed by atoms with Crippen LogP contribution in [0.15, 0.2) is 65.6 Å². The number of anilines is 1. The average Bonchev–Trinajstić information content (AvgIpc) is 3.01. The van der Waals surface area contributed by atoms with E-state index < -0.39 is 11.1 Å². The summed E-state index contributed by atoms with van der Waals surface area (Å²) in [7, 11) is 0. The first-order valence-corrected chi connectivity index (χ1v) is 11.5. The Balaban J connectivity index is 1.56. The summed E-state index contributed by atoms with van der Waals surface area (Å²) < 4.78 is 5.77. The predicted octanol–water partition coefficient (Wildman–Crippen LogP) is 8.12. The molecule has 3 aromatic carbocycles. The van der Waals surface area contributed by atoms with E-state index in [0.717, 1.165) is 22.2 Å². The fourth-order valence-electron chi connectivity index (χ4n) is 3.02. The number of hydrogen-bond donors (Lipinski definition) is 0. The van der Waals surface area contributed by atoms with Crippen molar-refractivity contribution in [1.82, 2.24) is 0 Å². The van der Waals surface area contributed by atoms with Crippen LogP contribution in [0, 0.1) is 0 Å². The Morgan fingerprint density at radius 3 is 2.28 bits per heavy atom. The van der Waals surface area contributed by atoms with Crippen molar-refractivity contribution in [3.63, 3.8) is 0 Å². The number of nitrogens with zero attached hydrogens (tertiary/aromatic N) is 1. The number of carbonyl (C=O) groups is 2. The minimum Gasteiger partial charge on any atom is -0.486 e. The molecule has 0 aliphatic carbocycles. The van der Waals surface area contributed by atoms with Crippen molar-refractivity contribution in [3.8, 4) is 5.75 Å². The summed E-state index contributed by atoms with van der Waals surface area (Å²) in [5.74, 6) is -0.147. The van der Waals surface area contributed by atoms with E-state index in [0.29, 0.717) is 27.0 Å². The molecule has 0 radical (unpaired) electrons. The highest BCUT2D eigenvalue weighted by atomic mass is 35.5. The van der Waals surface area contributed by atoms with E-state index in [9.17, 15) is 9.59 Å². The number of rotatable bonds is 5. The lowest BCUT2D eigenvalue weighted by Gasteiger charge is -2.13. The van der Waals surface area contributed by atoms with Crippen LogP contribution in [0.5, 0.6) is 5.75 Å². The molecule has 162 valence electrons. The predicted molar refractivity (Wildman–Crippen MR) is 132 cm³/mol. The van der Waals surface area contributed by atoms with E-state index >= 15 is 0 Å². The summed E-state index contributed by atoms with van der Waals surface area (Å²) in [5, 5.41) is 1.12. The zero-order chi connectivity index (χ0) is 22.8. The standard InChI is InChI=1S/C23H13Cl4NO3S/c24-15-5-3-6-16(11-15)28-22(29)20(32-23(28)30)10-13-8-18(26)21(19(27)9-13)31-12-14-4-1-2-7-17(14)25/h1-11H,12H2/b20-10+. The lowest BCUT2D eigenvalue weighted by molar-refractivity contribution is -0.113. The lowest BCUT2D eigenvalue weighted by atomic mass is 10.2. The van der Waals surface area contributed by atoms with Crippen molar-refractivity contribution < 1.29 is 14.3 Å². The number of ether oxygens (including phenoxy) is 1. The number of amides is 2. The minimum atomic E-state index is -0.450. The number of imide groups is 1. The molecule has 1 saturated heterocycles. The number of halogens is 4. The van der Waals surface area contributed by atoms with Crippen molar-refractivity contribution >= 4 is 81.1 Å². The highest BCUT2D eigenvalue weighted by molar-refractivity contribution is 8.19. The van der Waals surface area contributed by atoms with Crippen LogP contribution in [0.1, 0.15) is 11.1 Å². The summed E-state index contributed by atoms with van der Waals surface area (Å²) in [6.07, 6.45) is 1.56. The molecule has 0 saturated carbocycles. The maximum atomic E-state index is 12.8. The first-order chi connectivity index (χ1) is 15.3. The molecular formula is C23H13Cl4NO3S. The molecule has 1 heterocycles. The summed E-state index contributed by atoms with van der Waals surface area (Å²) in [4.78, 5) is 26.6. The molecule has 0 spiro atoms. The molecular weight excluding hydrogens is 512 g/mol. The van der Waals surface area contributed by atoms with E-state index in [1.807, 2.05) is 18.2 Å². The van der Waals surface area contributed by atoms with Gasteiger partial charge in [0.25, 0.3) is 11.1 Å². The van der Waals surface area contributed by atoms with Gasteiger partial charge < -0.3 is 4.74 Å². The molecule has 0 bridgehead atoms. The van der Waals surface area contributed by atoms with E-state index in [1.54, 1.807) is 48.5 Å². The number of thioether (sulfide) groups is 1. The van der Waals surface area contributed by atoms with Gasteiger partial charge in [-0.15, -0.1) is 0 Å². The van der Waals surface area contributed by atoms with Crippen LogP contribution < -0.4 is 9.64 Å². The zero-order valence-corrected chi connectivity index (χ0v) is 20.0. The molecule has 32 heavy (non-hydrogen) atoms. The quantitative estimate of drug-likeness (QED) is 0.316. The van der Waals surface area contributed by atoms with E-state index in [2.05, 4.69) is 0 Å². The van der Waals surface area contributed by atoms with Gasteiger partial charge in [0.2, 0.25) is 0 Å². The highest BCUT2D eigenvalue weighted by Gasteiger charge is 2.36. The van der Waals surface area contributed by atoms with Crippen molar-refractivity contribution in [2.24, 2.45) is 0 Å². The number of carbonyl (C=O) groups excluding carboxylic acids is 2. The fraction of sp³-hybridized carbons (Fsp3) is 0.0435. The van der Waals surface area contributed by atoms with Crippen LogP contribution in [0.3, 0.4) is 0 Å². The summed E-state index contributed by atoms with van der Waals surface area (Å²) >= 11 is 25.7. The first kappa shape index (κ1) is 23.0. The van der Waals surface area contributed by atoms with Gasteiger partial charge in [-0.2, -0.15) is 0 Å². The molecule has 0 atom stereocenters. The lowest BCUT2D eigenvalue weighted by Crippen LogP contribution is -2.27. The van der Waals surface area contributed by atoms with Crippen LogP contribution in [0.2, 0.25) is 20.1 Å².